The van der Waals surface area contributed by atoms with Gasteiger partial charge in [0.2, 0.25) is 0 Å². The number of carbonyl (C=O) groups excluding carboxylic acids is 1. The summed E-state index contributed by atoms with van der Waals surface area (Å²) < 4.78 is 66.1. The molecule has 0 aliphatic heterocycles. The summed E-state index contributed by atoms with van der Waals surface area (Å²) in [5.74, 6) is -0.638. The third-order valence-corrected chi connectivity index (χ3v) is 5.00. The Balaban J connectivity index is 0.00000144. The van der Waals surface area contributed by atoms with Crippen molar-refractivity contribution in [3.05, 3.63) is 47.5 Å². The number of hydrogen-bond acceptors (Lipinski definition) is 7. The van der Waals surface area contributed by atoms with E-state index in [0.717, 1.165) is 24.3 Å². The Morgan fingerprint density at radius 1 is 0.625 bits per heavy atom. The summed E-state index contributed by atoms with van der Waals surface area (Å²) in [5, 5.41) is 0. The standard InChI is InChI=1S/C13H8O7S2.2Na/c14-13-11-5-7(21(15,16)17)1-3-9(11)10-4-2-8(6-12(10)13)22(18,19)20;;/h1-6H,(H,15,16,17)(H,18,19,20);;/q;2*+1/p-2. The molecular formula is C13H6Na2O7S2. The van der Waals surface area contributed by atoms with Crippen molar-refractivity contribution in [1.82, 2.24) is 0 Å². The van der Waals surface area contributed by atoms with Crippen LogP contribution in [0.15, 0.2) is 46.2 Å². The zero-order valence-corrected chi connectivity index (χ0v) is 18.3. The number of ketones is 1. The van der Waals surface area contributed by atoms with E-state index in [4.69, 9.17) is 0 Å². The summed E-state index contributed by atoms with van der Waals surface area (Å²) in [6, 6.07) is 6.64. The molecule has 7 nitrogen and oxygen atoms in total. The average Bonchev–Trinajstić information content (AvgIpc) is 2.70. The molecular weight excluding hydrogens is 378 g/mol. The van der Waals surface area contributed by atoms with Crippen LogP contribution in [0.3, 0.4) is 0 Å². The maximum absolute atomic E-state index is 12.3. The van der Waals surface area contributed by atoms with Gasteiger partial charge < -0.3 is 9.11 Å². The second-order valence-corrected chi connectivity index (χ2v) is 7.41. The van der Waals surface area contributed by atoms with Crippen molar-refractivity contribution in [1.29, 1.82) is 0 Å². The Morgan fingerprint density at radius 3 is 1.25 bits per heavy atom. The number of rotatable bonds is 2. The quantitative estimate of drug-likeness (QED) is 0.319. The third-order valence-electron chi connectivity index (χ3n) is 3.34. The molecule has 114 valence electrons. The number of fused-ring (bicyclic) bond motifs is 3. The van der Waals surface area contributed by atoms with Crippen molar-refractivity contribution >= 4 is 26.0 Å². The van der Waals surface area contributed by atoms with E-state index in [0.29, 0.717) is 11.1 Å². The molecule has 0 unspecified atom stereocenters. The Labute approximate surface area is 182 Å². The minimum absolute atomic E-state index is 0. The number of carbonyl (C=O) groups is 1. The Hall–Kier alpha value is -0.0700. The first-order valence-electron chi connectivity index (χ1n) is 5.84. The first-order chi connectivity index (χ1) is 10.1. The summed E-state index contributed by atoms with van der Waals surface area (Å²) in [4.78, 5) is 11.1. The van der Waals surface area contributed by atoms with Crippen molar-refractivity contribution < 1.29 is 89.9 Å². The molecule has 0 spiro atoms. The van der Waals surface area contributed by atoms with E-state index < -0.39 is 35.8 Å². The fraction of sp³-hybridized carbons (Fsp3) is 0. The van der Waals surface area contributed by atoms with Gasteiger partial charge in [0.25, 0.3) is 0 Å². The van der Waals surface area contributed by atoms with Crippen molar-refractivity contribution in [2.75, 3.05) is 0 Å². The Bertz CT molecular complexity index is 960. The summed E-state index contributed by atoms with van der Waals surface area (Å²) >= 11 is 0. The minimum atomic E-state index is -4.71. The van der Waals surface area contributed by atoms with Gasteiger partial charge in [0.1, 0.15) is 20.2 Å². The zero-order chi connectivity index (χ0) is 16.3. The van der Waals surface area contributed by atoms with Crippen LogP contribution in [-0.2, 0) is 20.2 Å². The van der Waals surface area contributed by atoms with Crippen LogP contribution in [0, 0.1) is 0 Å². The van der Waals surface area contributed by atoms with Gasteiger partial charge >= 0.3 is 59.1 Å². The average molecular weight is 384 g/mol. The summed E-state index contributed by atoms with van der Waals surface area (Å²) in [6.07, 6.45) is 0. The maximum atomic E-state index is 12.3. The predicted molar refractivity (Wildman–Crippen MR) is 71.2 cm³/mol. The Kier molecular flexibility index (Phi) is 6.66. The summed E-state index contributed by atoms with van der Waals surface area (Å²) in [6.45, 7) is 0. The van der Waals surface area contributed by atoms with Crippen LogP contribution in [0.2, 0.25) is 0 Å². The van der Waals surface area contributed by atoms with Crippen LogP contribution in [0.25, 0.3) is 11.1 Å². The SMILES string of the molecule is O=C1c2cc(S(=O)(=O)[O-])ccc2-c2ccc(S(=O)(=O)[O-])cc21.[Na+].[Na+]. The van der Waals surface area contributed by atoms with E-state index in [1.165, 1.54) is 12.1 Å². The van der Waals surface area contributed by atoms with E-state index in [2.05, 4.69) is 0 Å². The van der Waals surface area contributed by atoms with Crippen LogP contribution >= 0.6 is 0 Å². The van der Waals surface area contributed by atoms with E-state index in [9.17, 15) is 30.7 Å². The number of benzene rings is 2. The number of hydrogen-bond donors (Lipinski definition) is 0. The molecule has 11 heteroatoms. The normalized spacial score (nSPS) is 12.7. The molecule has 3 rings (SSSR count). The first kappa shape index (κ1) is 22.0. The van der Waals surface area contributed by atoms with Gasteiger partial charge in [-0.1, -0.05) is 12.1 Å². The fourth-order valence-electron chi connectivity index (χ4n) is 2.35. The van der Waals surface area contributed by atoms with Crippen LogP contribution in [0.4, 0.5) is 0 Å². The zero-order valence-electron chi connectivity index (χ0n) is 12.6. The van der Waals surface area contributed by atoms with E-state index in [1.54, 1.807) is 0 Å². The molecule has 0 saturated heterocycles. The molecule has 0 bridgehead atoms. The van der Waals surface area contributed by atoms with Gasteiger partial charge in [0, 0.05) is 11.1 Å². The van der Waals surface area contributed by atoms with Crippen molar-refractivity contribution in [2.45, 2.75) is 9.79 Å². The fourth-order valence-corrected chi connectivity index (χ4v) is 3.34. The first-order valence-corrected chi connectivity index (χ1v) is 8.65. The van der Waals surface area contributed by atoms with Gasteiger partial charge in [-0.2, -0.15) is 0 Å². The van der Waals surface area contributed by atoms with E-state index >= 15 is 0 Å². The van der Waals surface area contributed by atoms with Crippen LogP contribution in [0.5, 0.6) is 0 Å². The molecule has 0 N–H and O–H groups in total. The molecule has 0 aromatic heterocycles. The van der Waals surface area contributed by atoms with Gasteiger partial charge in [-0.25, -0.2) is 16.8 Å². The monoisotopic (exact) mass is 384 g/mol. The molecule has 0 fully saturated rings. The minimum Gasteiger partial charge on any atom is -0.744 e. The van der Waals surface area contributed by atoms with Crippen molar-refractivity contribution in [2.24, 2.45) is 0 Å². The van der Waals surface area contributed by atoms with E-state index in [-0.39, 0.29) is 70.2 Å². The third kappa shape index (κ3) is 3.85. The predicted octanol–water partition coefficient (Wildman–Crippen LogP) is -5.29. The molecule has 0 saturated carbocycles. The van der Waals surface area contributed by atoms with Gasteiger partial charge in [-0.3, -0.25) is 4.79 Å². The molecule has 2 aromatic carbocycles. The van der Waals surface area contributed by atoms with Gasteiger partial charge in [-0.05, 0) is 35.4 Å². The molecule has 1 aliphatic rings. The smallest absolute Gasteiger partial charge is 0.744 e. The molecule has 1 aliphatic carbocycles. The topological polar surface area (TPSA) is 131 Å². The largest absolute Gasteiger partial charge is 1.00 e. The molecule has 0 heterocycles. The molecule has 2 aromatic rings. The van der Waals surface area contributed by atoms with Gasteiger partial charge in [0.05, 0.1) is 9.79 Å². The van der Waals surface area contributed by atoms with Crippen LogP contribution < -0.4 is 59.1 Å². The second kappa shape index (κ2) is 7.28. The molecule has 0 atom stereocenters. The van der Waals surface area contributed by atoms with Gasteiger partial charge in [-0.15, -0.1) is 0 Å². The van der Waals surface area contributed by atoms with Crippen molar-refractivity contribution in [3.8, 4) is 11.1 Å². The summed E-state index contributed by atoms with van der Waals surface area (Å²) in [7, 11) is -9.43. The van der Waals surface area contributed by atoms with E-state index in [1.807, 2.05) is 0 Å². The summed E-state index contributed by atoms with van der Waals surface area (Å²) in [5.41, 5.74) is 0.712. The maximum Gasteiger partial charge on any atom is 1.00 e. The molecule has 24 heavy (non-hydrogen) atoms. The van der Waals surface area contributed by atoms with Crippen LogP contribution in [0.1, 0.15) is 15.9 Å². The Morgan fingerprint density at radius 2 is 0.958 bits per heavy atom. The van der Waals surface area contributed by atoms with Crippen molar-refractivity contribution in [3.63, 3.8) is 0 Å². The molecule has 0 amide bonds. The molecule has 0 radical (unpaired) electrons. The second-order valence-electron chi connectivity index (χ2n) is 4.65. The van der Waals surface area contributed by atoms with Gasteiger partial charge in [0.15, 0.2) is 5.78 Å². The van der Waals surface area contributed by atoms with Crippen LogP contribution in [-0.4, -0.2) is 31.7 Å².